The van der Waals surface area contributed by atoms with Crippen LogP contribution in [0, 0.1) is 0 Å². The number of alkyl halides is 3. The first-order chi connectivity index (χ1) is 8.49. The number of hydrazone groups is 1. The molecule has 1 aliphatic rings. The zero-order valence-corrected chi connectivity index (χ0v) is 9.41. The monoisotopic (exact) mass is 255 g/mol. The number of halogens is 3. The van der Waals surface area contributed by atoms with E-state index in [9.17, 15) is 13.2 Å². The van der Waals surface area contributed by atoms with E-state index in [1.54, 1.807) is 12.1 Å². The number of nitrogens with two attached hydrogens (primary N) is 1. The standard InChI is InChI=1S/C12H12F3N3/c13-12(14,15)11(6-1-7-17-18-11)10-4-2-9(8-16)3-5-10/h1-7,18H,8,16H2. The van der Waals surface area contributed by atoms with Gasteiger partial charge in [-0.2, -0.15) is 18.3 Å². The molecular formula is C12H12F3N3. The van der Waals surface area contributed by atoms with Crippen LogP contribution in [0.2, 0.25) is 0 Å². The summed E-state index contributed by atoms with van der Waals surface area (Å²) >= 11 is 0. The number of nitrogens with one attached hydrogen (secondary N) is 1. The average molecular weight is 255 g/mol. The molecule has 1 atom stereocenters. The van der Waals surface area contributed by atoms with Gasteiger partial charge in [0.05, 0.1) is 0 Å². The molecule has 2 rings (SSSR count). The summed E-state index contributed by atoms with van der Waals surface area (Å²) in [4.78, 5) is 0. The van der Waals surface area contributed by atoms with Gasteiger partial charge in [-0.25, -0.2) is 0 Å². The van der Waals surface area contributed by atoms with Crippen LogP contribution in [0.4, 0.5) is 13.2 Å². The highest BCUT2D eigenvalue weighted by atomic mass is 19.4. The molecule has 0 fully saturated rings. The molecule has 0 aromatic heterocycles. The van der Waals surface area contributed by atoms with Crippen LogP contribution in [0.5, 0.6) is 0 Å². The second-order valence-electron chi connectivity index (χ2n) is 3.96. The Morgan fingerprint density at radius 3 is 2.33 bits per heavy atom. The molecule has 0 spiro atoms. The molecule has 96 valence electrons. The largest absolute Gasteiger partial charge is 0.420 e. The second kappa shape index (κ2) is 4.45. The Morgan fingerprint density at radius 2 is 1.89 bits per heavy atom. The summed E-state index contributed by atoms with van der Waals surface area (Å²) in [7, 11) is 0. The third-order valence-corrected chi connectivity index (χ3v) is 2.84. The molecule has 18 heavy (non-hydrogen) atoms. The molecule has 1 heterocycles. The molecule has 1 aromatic carbocycles. The topological polar surface area (TPSA) is 50.4 Å². The lowest BCUT2D eigenvalue weighted by atomic mass is 9.88. The van der Waals surface area contributed by atoms with Gasteiger partial charge < -0.3 is 5.73 Å². The van der Waals surface area contributed by atoms with Gasteiger partial charge in [0.2, 0.25) is 0 Å². The number of benzene rings is 1. The molecule has 1 aromatic rings. The van der Waals surface area contributed by atoms with Crippen molar-refractivity contribution >= 4 is 6.21 Å². The first-order valence-electron chi connectivity index (χ1n) is 5.34. The van der Waals surface area contributed by atoms with Crippen LogP contribution in [0.1, 0.15) is 11.1 Å². The van der Waals surface area contributed by atoms with Crippen molar-refractivity contribution in [3.05, 3.63) is 47.5 Å². The Labute approximate surface area is 102 Å². The first kappa shape index (κ1) is 12.6. The average Bonchev–Trinajstić information content (AvgIpc) is 2.38. The molecule has 0 aliphatic carbocycles. The van der Waals surface area contributed by atoms with Crippen LogP contribution in [-0.4, -0.2) is 12.4 Å². The van der Waals surface area contributed by atoms with Crippen LogP contribution in [0.3, 0.4) is 0 Å². The van der Waals surface area contributed by atoms with Crippen molar-refractivity contribution in [1.29, 1.82) is 0 Å². The molecule has 3 N–H and O–H groups in total. The highest BCUT2D eigenvalue weighted by Gasteiger charge is 2.55. The first-order valence-corrected chi connectivity index (χ1v) is 5.34. The highest BCUT2D eigenvalue weighted by Crippen LogP contribution is 2.41. The van der Waals surface area contributed by atoms with Crippen molar-refractivity contribution in [2.45, 2.75) is 18.3 Å². The molecule has 3 nitrogen and oxygen atoms in total. The minimum Gasteiger partial charge on any atom is -0.326 e. The molecular weight excluding hydrogens is 243 g/mol. The smallest absolute Gasteiger partial charge is 0.326 e. The van der Waals surface area contributed by atoms with Crippen molar-refractivity contribution in [2.24, 2.45) is 10.8 Å². The van der Waals surface area contributed by atoms with Gasteiger partial charge in [-0.15, -0.1) is 0 Å². The number of rotatable bonds is 2. The van der Waals surface area contributed by atoms with Gasteiger partial charge in [0.1, 0.15) is 0 Å². The maximum atomic E-state index is 13.3. The van der Waals surface area contributed by atoms with E-state index in [0.29, 0.717) is 6.54 Å². The Bertz CT molecular complexity index is 476. The van der Waals surface area contributed by atoms with Crippen LogP contribution < -0.4 is 11.2 Å². The minimum atomic E-state index is -4.48. The van der Waals surface area contributed by atoms with Crippen LogP contribution >= 0.6 is 0 Å². The molecule has 0 saturated carbocycles. The number of nitrogens with zero attached hydrogens (tertiary/aromatic N) is 1. The van der Waals surface area contributed by atoms with Crippen molar-refractivity contribution in [3.8, 4) is 0 Å². The maximum Gasteiger partial charge on any atom is 0.420 e. The fraction of sp³-hybridized carbons (Fsp3) is 0.250. The third-order valence-electron chi connectivity index (χ3n) is 2.84. The van der Waals surface area contributed by atoms with Gasteiger partial charge in [0.15, 0.2) is 5.54 Å². The Morgan fingerprint density at radius 1 is 1.22 bits per heavy atom. The summed E-state index contributed by atoms with van der Waals surface area (Å²) in [6.45, 7) is 0.292. The van der Waals surface area contributed by atoms with Gasteiger partial charge in [0, 0.05) is 12.8 Å². The minimum absolute atomic E-state index is 0.0836. The van der Waals surface area contributed by atoms with Crippen molar-refractivity contribution in [1.82, 2.24) is 5.43 Å². The Hall–Kier alpha value is -1.82. The molecule has 1 unspecified atom stereocenters. The predicted molar refractivity (Wildman–Crippen MR) is 62.8 cm³/mol. The molecule has 0 radical (unpaired) electrons. The third kappa shape index (κ3) is 1.99. The molecule has 0 saturated heterocycles. The number of hydrogen-bond acceptors (Lipinski definition) is 3. The van der Waals surface area contributed by atoms with Crippen LogP contribution in [0.25, 0.3) is 0 Å². The fourth-order valence-electron chi connectivity index (χ4n) is 1.79. The molecule has 0 amide bonds. The molecule has 0 bridgehead atoms. The van der Waals surface area contributed by atoms with E-state index in [1.807, 2.05) is 0 Å². The van der Waals surface area contributed by atoms with Gasteiger partial charge >= 0.3 is 6.18 Å². The highest BCUT2D eigenvalue weighted by molar-refractivity contribution is 5.72. The zero-order chi connectivity index (χ0) is 13.2. The lowest BCUT2D eigenvalue weighted by molar-refractivity contribution is -0.185. The van der Waals surface area contributed by atoms with Gasteiger partial charge in [-0.1, -0.05) is 24.3 Å². The van der Waals surface area contributed by atoms with Gasteiger partial charge in [-0.3, -0.25) is 5.43 Å². The SMILES string of the molecule is NCc1ccc(C2(C(F)(F)F)C=CC=NN2)cc1. The predicted octanol–water partition coefficient (Wildman–Crippen LogP) is 2.05. The number of allylic oxidation sites excluding steroid dienone is 1. The van der Waals surface area contributed by atoms with E-state index in [2.05, 4.69) is 10.5 Å². The van der Waals surface area contributed by atoms with Crippen molar-refractivity contribution in [3.63, 3.8) is 0 Å². The van der Waals surface area contributed by atoms with E-state index in [4.69, 9.17) is 5.73 Å². The maximum absolute atomic E-state index is 13.3. The van der Waals surface area contributed by atoms with Gasteiger partial charge in [0.25, 0.3) is 0 Å². The summed E-state index contributed by atoms with van der Waals surface area (Å²) in [5.41, 5.74) is 6.17. The quantitative estimate of drug-likeness (QED) is 0.849. The normalized spacial score (nSPS) is 22.9. The van der Waals surface area contributed by atoms with Crippen molar-refractivity contribution < 1.29 is 13.2 Å². The number of hydrogen-bond donors (Lipinski definition) is 2. The van der Waals surface area contributed by atoms with Crippen LogP contribution in [-0.2, 0) is 12.1 Å². The zero-order valence-electron chi connectivity index (χ0n) is 9.41. The molecule has 1 aliphatic heterocycles. The lowest BCUT2D eigenvalue weighted by Crippen LogP contribution is -2.51. The second-order valence-corrected chi connectivity index (χ2v) is 3.96. The van der Waals surface area contributed by atoms with Crippen LogP contribution in [0.15, 0.2) is 41.5 Å². The van der Waals surface area contributed by atoms with E-state index >= 15 is 0 Å². The summed E-state index contributed by atoms with van der Waals surface area (Å²) in [6, 6.07) is 5.98. The van der Waals surface area contributed by atoms with E-state index in [0.717, 1.165) is 11.6 Å². The van der Waals surface area contributed by atoms with E-state index < -0.39 is 11.7 Å². The fourth-order valence-corrected chi connectivity index (χ4v) is 1.79. The van der Waals surface area contributed by atoms with E-state index in [1.165, 1.54) is 24.4 Å². The van der Waals surface area contributed by atoms with Crippen molar-refractivity contribution in [2.75, 3.05) is 0 Å². The Balaban J connectivity index is 2.47. The lowest BCUT2D eigenvalue weighted by Gasteiger charge is -2.34. The summed E-state index contributed by atoms with van der Waals surface area (Å²) < 4.78 is 39.8. The van der Waals surface area contributed by atoms with E-state index in [-0.39, 0.29) is 5.56 Å². The summed E-state index contributed by atoms with van der Waals surface area (Å²) in [6.07, 6.45) is -0.873. The Kier molecular flexibility index (Phi) is 3.13. The van der Waals surface area contributed by atoms with Gasteiger partial charge in [-0.05, 0) is 23.3 Å². The summed E-state index contributed by atoms with van der Waals surface area (Å²) in [5, 5.41) is 3.51. The summed E-state index contributed by atoms with van der Waals surface area (Å²) in [5.74, 6) is 0. The molecule has 6 heteroatoms.